The van der Waals surface area contributed by atoms with Crippen molar-refractivity contribution in [3.8, 4) is 17.2 Å². The Kier molecular flexibility index (Phi) is 7.92. The number of nitrogens with zero attached hydrogens (tertiary/aromatic N) is 2. The van der Waals surface area contributed by atoms with Crippen LogP contribution in [0.4, 0.5) is 11.4 Å². The highest BCUT2D eigenvalue weighted by Gasteiger charge is 2.27. The lowest BCUT2D eigenvalue weighted by molar-refractivity contribution is -0.384. The predicted octanol–water partition coefficient (Wildman–Crippen LogP) is 3.75. The Balaban J connectivity index is 1.70. The quantitative estimate of drug-likeness (QED) is 0.207. The Labute approximate surface area is 214 Å². The van der Waals surface area contributed by atoms with E-state index in [0.29, 0.717) is 5.69 Å². The highest BCUT2D eigenvalue weighted by Crippen LogP contribution is 2.30. The monoisotopic (exact) mass is 525 g/mol. The smallest absolute Gasteiger partial charge is 0.297 e. The van der Waals surface area contributed by atoms with Crippen LogP contribution in [0.15, 0.2) is 74.6 Å². The molecule has 3 N–H and O–H groups in total. The molecule has 0 spiro atoms. The summed E-state index contributed by atoms with van der Waals surface area (Å²) in [4.78, 5) is 37.2. The number of nitro groups is 1. The number of hydrogen-bond donors (Lipinski definition) is 3. The van der Waals surface area contributed by atoms with E-state index in [1.54, 1.807) is 24.3 Å². The normalized spacial score (nSPS) is 11.9. The Morgan fingerprint density at radius 1 is 1.22 bits per heavy atom. The maximum Gasteiger partial charge on any atom is 0.297 e. The summed E-state index contributed by atoms with van der Waals surface area (Å²) in [6, 6.07) is 14.0. The highest BCUT2D eigenvalue weighted by atomic mass is 32.2. The van der Waals surface area contributed by atoms with Crippen molar-refractivity contribution in [3.05, 3.63) is 98.0 Å². The molecule has 2 aromatic carbocycles. The van der Waals surface area contributed by atoms with Gasteiger partial charge < -0.3 is 24.5 Å². The molecule has 0 radical (unpaired) electrons. The first-order valence-electron chi connectivity index (χ1n) is 11.1. The van der Waals surface area contributed by atoms with Crippen LogP contribution in [0.1, 0.15) is 21.5 Å². The number of amides is 1. The number of carbonyl (C=O) groups is 1. The molecular weight excluding hydrogens is 502 g/mol. The number of nitro benzene ring substituents is 1. The van der Waals surface area contributed by atoms with Crippen LogP contribution in [0, 0.1) is 17.0 Å². The number of thioether (sulfide) groups is 1. The van der Waals surface area contributed by atoms with Crippen molar-refractivity contribution < 1.29 is 28.9 Å². The van der Waals surface area contributed by atoms with Gasteiger partial charge in [0.05, 0.1) is 29.5 Å². The number of aliphatic hydroxyl groups is 2. The molecule has 0 saturated carbocycles. The van der Waals surface area contributed by atoms with E-state index in [2.05, 4.69) is 5.32 Å². The highest BCUT2D eigenvalue weighted by molar-refractivity contribution is 7.98. The molecule has 11 nitrogen and oxygen atoms in total. The van der Waals surface area contributed by atoms with Crippen molar-refractivity contribution in [3.63, 3.8) is 0 Å². The van der Waals surface area contributed by atoms with E-state index in [4.69, 9.17) is 14.0 Å². The standard InChI is InChI=1S/C25H23N3O8S/c1-15-4-7-17(8-5-15)26-24(31)16-6-9-20(21(11-16)28(33)34)27-25(32)19(14-37-13-18(30)12-29)23(36-27)22-3-2-10-35-22/h2-11,18,29-30H,12-14H2,1H3,(H,26,31). The molecular formula is C25H23N3O8S. The fourth-order valence-corrected chi connectivity index (χ4v) is 4.42. The number of carbonyl (C=O) groups excluding carboxylic acids is 1. The van der Waals surface area contributed by atoms with Crippen LogP contribution in [-0.2, 0) is 5.75 Å². The van der Waals surface area contributed by atoms with Gasteiger partial charge in [0.1, 0.15) is 0 Å². The van der Waals surface area contributed by atoms with E-state index in [1.165, 1.54) is 30.2 Å². The van der Waals surface area contributed by atoms with Gasteiger partial charge in [-0.15, -0.1) is 4.74 Å². The Hall–Kier alpha value is -4.13. The van der Waals surface area contributed by atoms with Gasteiger partial charge in [0.25, 0.3) is 17.2 Å². The topological polar surface area (TPSA) is 161 Å². The van der Waals surface area contributed by atoms with E-state index < -0.39 is 34.8 Å². The van der Waals surface area contributed by atoms with E-state index in [-0.39, 0.29) is 39.8 Å². The summed E-state index contributed by atoms with van der Waals surface area (Å²) in [6.07, 6.45) is 0.425. The van der Waals surface area contributed by atoms with Crippen LogP contribution in [0.2, 0.25) is 0 Å². The Morgan fingerprint density at radius 3 is 2.62 bits per heavy atom. The molecule has 12 heteroatoms. The second-order valence-electron chi connectivity index (χ2n) is 8.11. The van der Waals surface area contributed by atoms with Crippen LogP contribution in [0.25, 0.3) is 17.2 Å². The molecule has 4 rings (SSSR count). The van der Waals surface area contributed by atoms with Gasteiger partial charge in [-0.1, -0.05) is 17.7 Å². The molecule has 192 valence electrons. The molecule has 1 amide bonds. The average molecular weight is 526 g/mol. The largest absolute Gasteiger partial charge is 0.461 e. The number of aromatic nitrogens is 1. The number of benzene rings is 2. The number of aliphatic hydroxyl groups excluding tert-OH is 2. The van der Waals surface area contributed by atoms with Crippen LogP contribution < -0.4 is 10.9 Å². The molecule has 0 saturated heterocycles. The van der Waals surface area contributed by atoms with E-state index in [0.717, 1.165) is 16.4 Å². The van der Waals surface area contributed by atoms with Crippen molar-refractivity contribution in [1.82, 2.24) is 4.74 Å². The molecule has 0 bridgehead atoms. The van der Waals surface area contributed by atoms with Crippen molar-refractivity contribution in [2.75, 3.05) is 17.7 Å². The summed E-state index contributed by atoms with van der Waals surface area (Å²) < 4.78 is 11.9. The third-order valence-electron chi connectivity index (χ3n) is 5.37. The first-order valence-corrected chi connectivity index (χ1v) is 12.3. The van der Waals surface area contributed by atoms with Crippen LogP contribution in [0.3, 0.4) is 0 Å². The van der Waals surface area contributed by atoms with Gasteiger partial charge in [0.15, 0.2) is 11.4 Å². The van der Waals surface area contributed by atoms with Gasteiger partial charge in [-0.2, -0.15) is 11.8 Å². The van der Waals surface area contributed by atoms with Gasteiger partial charge in [0, 0.05) is 28.8 Å². The number of furan rings is 1. The molecule has 0 aliphatic heterocycles. The third-order valence-corrected chi connectivity index (χ3v) is 6.49. The number of hydrogen-bond acceptors (Lipinski definition) is 9. The van der Waals surface area contributed by atoms with Crippen molar-refractivity contribution >= 4 is 29.0 Å². The molecule has 2 heterocycles. The minimum absolute atomic E-state index is 0.0238. The second kappa shape index (κ2) is 11.3. The van der Waals surface area contributed by atoms with Crippen LogP contribution in [-0.4, -0.2) is 44.2 Å². The lowest BCUT2D eigenvalue weighted by Crippen LogP contribution is -2.19. The van der Waals surface area contributed by atoms with Crippen molar-refractivity contribution in [2.45, 2.75) is 18.8 Å². The molecule has 37 heavy (non-hydrogen) atoms. The summed E-state index contributed by atoms with van der Waals surface area (Å²) in [5.74, 6) is 0.0141. The van der Waals surface area contributed by atoms with Gasteiger partial charge in [-0.3, -0.25) is 19.7 Å². The average Bonchev–Trinajstić information content (AvgIpc) is 3.53. The van der Waals surface area contributed by atoms with E-state index in [9.17, 15) is 24.8 Å². The first kappa shape index (κ1) is 25.9. The summed E-state index contributed by atoms with van der Waals surface area (Å²) >= 11 is 1.18. The number of aryl methyl sites for hydroxylation is 1. The number of anilines is 1. The fraction of sp³-hybridized carbons (Fsp3) is 0.200. The van der Waals surface area contributed by atoms with Crippen molar-refractivity contribution in [1.29, 1.82) is 0 Å². The SMILES string of the molecule is Cc1ccc(NC(=O)c2ccc(-n3oc(-c4ccco4)c(CSCC(O)CO)c3=O)c([N+](=O)[O-])c2)cc1. The zero-order valence-electron chi connectivity index (χ0n) is 19.6. The summed E-state index contributed by atoms with van der Waals surface area (Å²) in [5.41, 5.74) is 0.405. The zero-order valence-corrected chi connectivity index (χ0v) is 20.4. The predicted molar refractivity (Wildman–Crippen MR) is 137 cm³/mol. The van der Waals surface area contributed by atoms with E-state index >= 15 is 0 Å². The van der Waals surface area contributed by atoms with Gasteiger partial charge in [-0.05, 0) is 43.3 Å². The fourth-order valence-electron chi connectivity index (χ4n) is 3.47. The Bertz CT molecular complexity index is 1460. The molecule has 4 aromatic rings. The molecule has 0 aliphatic rings. The molecule has 0 fully saturated rings. The third kappa shape index (κ3) is 5.82. The zero-order chi connectivity index (χ0) is 26.5. The molecule has 0 aliphatic carbocycles. The van der Waals surface area contributed by atoms with Crippen molar-refractivity contribution in [2.24, 2.45) is 0 Å². The summed E-state index contributed by atoms with van der Waals surface area (Å²) in [6.45, 7) is 1.48. The van der Waals surface area contributed by atoms with Gasteiger partial charge in [-0.25, -0.2) is 0 Å². The number of rotatable bonds is 10. The maximum atomic E-state index is 13.3. The molecule has 1 atom stereocenters. The van der Waals surface area contributed by atoms with Crippen LogP contribution in [0.5, 0.6) is 0 Å². The van der Waals surface area contributed by atoms with Crippen LogP contribution >= 0.6 is 11.8 Å². The van der Waals surface area contributed by atoms with Gasteiger partial charge in [0.2, 0.25) is 5.76 Å². The van der Waals surface area contributed by atoms with Gasteiger partial charge >= 0.3 is 0 Å². The second-order valence-corrected chi connectivity index (χ2v) is 9.14. The number of nitrogens with one attached hydrogen (secondary N) is 1. The minimum Gasteiger partial charge on any atom is -0.461 e. The van der Waals surface area contributed by atoms with E-state index in [1.807, 2.05) is 19.1 Å². The summed E-state index contributed by atoms with van der Waals surface area (Å²) in [5, 5.41) is 33.2. The first-order chi connectivity index (χ1) is 17.8. The minimum atomic E-state index is -0.967. The Morgan fingerprint density at radius 2 is 1.97 bits per heavy atom. The lowest BCUT2D eigenvalue weighted by Gasteiger charge is -2.07. The molecule has 2 aromatic heterocycles. The molecule has 1 unspecified atom stereocenters. The summed E-state index contributed by atoms with van der Waals surface area (Å²) in [7, 11) is 0. The lowest BCUT2D eigenvalue weighted by atomic mass is 10.1. The maximum absolute atomic E-state index is 13.3.